The Morgan fingerprint density at radius 2 is 0.758 bits per heavy atom. The van der Waals surface area contributed by atoms with E-state index in [0.29, 0.717) is 61.5 Å². The Bertz CT molecular complexity index is 6400. The number of hydrogen-bond donors (Lipinski definition) is 0. The highest BCUT2D eigenvalue weighted by Crippen LogP contribution is 2.51. The molecule has 0 saturated carbocycles. The largest absolute Gasteiger partial charge is 0.452 e. The highest BCUT2D eigenvalue weighted by Gasteiger charge is 2.45. The molecular formula is C86H66BN3O. The van der Waals surface area contributed by atoms with Gasteiger partial charge < -0.3 is 18.8 Å². The second kappa shape index (κ2) is 20.9. The second-order valence-electron chi connectivity index (χ2n) is 25.6. The van der Waals surface area contributed by atoms with Gasteiger partial charge in [-0.2, -0.15) is 0 Å². The molecule has 2 aromatic heterocycles. The zero-order valence-electron chi connectivity index (χ0n) is 68.6. The molecule has 0 fully saturated rings. The number of fused-ring (bicyclic) bond motifs is 10. The van der Waals surface area contributed by atoms with Gasteiger partial charge in [-0.1, -0.05) is 266 Å². The Kier molecular flexibility index (Phi) is 8.83. The quantitative estimate of drug-likeness (QED) is 0.142. The van der Waals surface area contributed by atoms with Crippen molar-refractivity contribution in [2.75, 3.05) is 9.80 Å². The van der Waals surface area contributed by atoms with Crippen LogP contribution in [0.3, 0.4) is 0 Å². The molecule has 0 amide bonds. The predicted octanol–water partition coefficient (Wildman–Crippen LogP) is 21.7. The van der Waals surface area contributed by atoms with E-state index in [9.17, 15) is 11.0 Å². The molecule has 0 aliphatic carbocycles. The van der Waals surface area contributed by atoms with Crippen LogP contribution in [0.25, 0.3) is 105 Å². The summed E-state index contributed by atoms with van der Waals surface area (Å²) in [7, 11) is 0. The van der Waals surface area contributed by atoms with Gasteiger partial charge >= 0.3 is 0 Å². The molecule has 0 saturated heterocycles. The Balaban J connectivity index is 1.03. The van der Waals surface area contributed by atoms with Crippen LogP contribution < -0.4 is 26.2 Å². The molecule has 0 atom stereocenters. The van der Waals surface area contributed by atoms with Gasteiger partial charge in [0.1, 0.15) is 0 Å². The number of anilines is 6. The van der Waals surface area contributed by atoms with Gasteiger partial charge in [0.25, 0.3) is 6.71 Å². The Morgan fingerprint density at radius 3 is 1.32 bits per heavy atom. The molecule has 2 aliphatic rings. The normalized spacial score (nSPS) is 15.6. The predicted molar refractivity (Wildman–Crippen MR) is 387 cm³/mol. The zero-order chi connectivity index (χ0) is 76.9. The van der Waals surface area contributed by atoms with Crippen LogP contribution in [0.2, 0.25) is 0 Å². The van der Waals surface area contributed by atoms with Crippen LogP contribution in [0.1, 0.15) is 77.3 Å². The third kappa shape index (κ3) is 8.97. The van der Waals surface area contributed by atoms with Crippen molar-refractivity contribution in [2.45, 2.75) is 52.4 Å². The van der Waals surface area contributed by atoms with Crippen LogP contribution in [-0.4, -0.2) is 11.3 Å². The van der Waals surface area contributed by atoms with Crippen LogP contribution in [0.5, 0.6) is 0 Å². The number of furan rings is 1. The van der Waals surface area contributed by atoms with E-state index in [1.54, 1.807) is 24.3 Å². The molecule has 434 valence electrons. The fourth-order valence-corrected chi connectivity index (χ4v) is 13.6. The number of benzene rings is 13. The summed E-state index contributed by atoms with van der Waals surface area (Å²) >= 11 is 0. The van der Waals surface area contributed by atoms with Crippen molar-refractivity contribution in [3.05, 3.63) is 302 Å². The van der Waals surface area contributed by atoms with E-state index >= 15 is 0 Å². The first-order valence-corrected chi connectivity index (χ1v) is 30.4. The third-order valence-electron chi connectivity index (χ3n) is 18.1. The fraction of sp³-hybridized carbons (Fsp3) is 0.0930. The van der Waals surface area contributed by atoms with Crippen molar-refractivity contribution in [2.24, 2.45) is 0 Å². The van der Waals surface area contributed by atoms with Gasteiger partial charge in [-0.25, -0.2) is 0 Å². The zero-order valence-corrected chi connectivity index (χ0v) is 50.6. The lowest BCUT2D eigenvalue weighted by molar-refractivity contribution is 0.590. The van der Waals surface area contributed by atoms with Gasteiger partial charge in [-0.15, -0.1) is 0 Å². The molecule has 0 N–H and O–H groups in total. The van der Waals surface area contributed by atoms with E-state index in [0.717, 1.165) is 55.4 Å². The van der Waals surface area contributed by atoms with E-state index in [1.165, 1.54) is 4.57 Å². The van der Waals surface area contributed by atoms with E-state index in [1.807, 2.05) is 72.8 Å². The summed E-state index contributed by atoms with van der Waals surface area (Å²) in [4.78, 5) is 4.28. The summed E-state index contributed by atoms with van der Waals surface area (Å²) in [5, 5.41) is 0.890. The maximum Gasteiger partial charge on any atom is 0.252 e. The van der Waals surface area contributed by atoms with Gasteiger partial charge in [0.15, 0.2) is 11.2 Å². The Labute approximate surface area is 557 Å². The van der Waals surface area contributed by atoms with Crippen LogP contribution in [0, 0.1) is 0 Å². The summed E-state index contributed by atoms with van der Waals surface area (Å²) in [5.74, 6) is 0. The summed E-state index contributed by atoms with van der Waals surface area (Å²) in [6.07, 6.45) is 0. The number of hydrogen-bond acceptors (Lipinski definition) is 3. The third-order valence-corrected chi connectivity index (χ3v) is 18.1. The number of para-hydroxylation sites is 4. The van der Waals surface area contributed by atoms with E-state index in [4.69, 9.17) is 18.1 Å². The lowest BCUT2D eigenvalue weighted by Gasteiger charge is -2.44. The average Bonchev–Trinajstić information content (AvgIpc) is 1.68. The van der Waals surface area contributed by atoms with Gasteiger partial charge in [0.2, 0.25) is 0 Å². The molecule has 4 nitrogen and oxygen atoms in total. The minimum atomic E-state index is -0.725. The highest BCUT2D eigenvalue weighted by atomic mass is 16.3. The van der Waals surface area contributed by atoms with Gasteiger partial charge in [-0.05, 0) is 161 Å². The molecule has 0 unspecified atom stereocenters. The molecule has 0 bridgehead atoms. The molecule has 4 heterocycles. The molecule has 17 rings (SSSR count). The molecule has 0 spiro atoms. The summed E-state index contributed by atoms with van der Waals surface area (Å²) in [6, 6.07) is 50.9. The fourth-order valence-electron chi connectivity index (χ4n) is 13.6. The van der Waals surface area contributed by atoms with Gasteiger partial charge in [0.05, 0.1) is 47.1 Å². The lowest BCUT2D eigenvalue weighted by atomic mass is 9.33. The molecule has 15 aromatic rings. The maximum absolute atomic E-state index is 9.51. The van der Waals surface area contributed by atoms with E-state index < -0.39 is 103 Å². The van der Waals surface area contributed by atoms with Crippen molar-refractivity contribution >= 4 is 101 Å². The van der Waals surface area contributed by atoms with Crippen LogP contribution >= 0.6 is 0 Å². The van der Waals surface area contributed by atoms with Crippen molar-refractivity contribution < 1.29 is 29.1 Å². The van der Waals surface area contributed by atoms with Crippen molar-refractivity contribution in [3.63, 3.8) is 0 Å². The van der Waals surface area contributed by atoms with Crippen LogP contribution in [-0.2, 0) is 10.8 Å². The van der Waals surface area contributed by atoms with Crippen LogP contribution in [0.15, 0.2) is 295 Å². The lowest BCUT2D eigenvalue weighted by Crippen LogP contribution is -2.61. The SMILES string of the molecule is [2H]c1c([2H])c([2H])c(-c2ccc3c(c2)N(c2cc(-c4ccccc4)cc(-c4cccc(C(C)(C)C)c4)c2)c2cc(-c4cccc(C(C)(C)C)c4)cc4c2B3c2ccc(-c3c([2H])c([2H])c([2H])c([2H])c3[2H])cc2N4c2cccc3c2oc2c(-n4c5c([2H])c([2H])c([2H])c([2H])c5c5c([2H])c([2H])c([2H])c([2H])c54)cccc23)c([2H])c1[2H]. The number of rotatable bonds is 8. The van der Waals surface area contributed by atoms with Crippen molar-refractivity contribution in [3.8, 4) is 61.3 Å². The van der Waals surface area contributed by atoms with E-state index in [-0.39, 0.29) is 72.7 Å². The molecular weight excluding hydrogens is 1100 g/mol. The molecule has 5 heteroatoms. The minimum absolute atomic E-state index is 0.00163. The first-order valence-electron chi connectivity index (χ1n) is 39.4. The molecule has 2 aliphatic heterocycles. The summed E-state index contributed by atoms with van der Waals surface area (Å²) < 4.78 is 173. The maximum atomic E-state index is 9.51. The highest BCUT2D eigenvalue weighted by molar-refractivity contribution is 7.00. The van der Waals surface area contributed by atoms with Gasteiger partial charge in [-0.3, -0.25) is 0 Å². The molecule has 13 aromatic carbocycles. The van der Waals surface area contributed by atoms with Gasteiger partial charge in [0, 0.05) is 50.0 Å². The van der Waals surface area contributed by atoms with Crippen LogP contribution in [0.4, 0.5) is 34.1 Å². The topological polar surface area (TPSA) is 24.6 Å². The number of nitrogens with zero attached hydrogens (tertiary/aromatic N) is 3. The van der Waals surface area contributed by atoms with Crippen molar-refractivity contribution in [1.82, 2.24) is 4.57 Å². The Hall–Kier alpha value is -10.9. The smallest absolute Gasteiger partial charge is 0.252 e. The minimum Gasteiger partial charge on any atom is -0.452 e. The van der Waals surface area contributed by atoms with E-state index in [2.05, 4.69) is 136 Å². The molecule has 0 radical (unpaired) electrons. The Morgan fingerprint density at radius 1 is 0.319 bits per heavy atom. The molecule has 91 heavy (non-hydrogen) atoms. The first kappa shape index (κ1) is 38.5. The number of aromatic nitrogens is 1. The first-order chi connectivity index (χ1) is 51.9. The second-order valence-corrected chi connectivity index (χ2v) is 25.6. The standard InChI is InChI=1S/C86H66BN3O/c1-85(2,3)65-32-20-30-58(47-65)63-46-62(57-28-14-9-15-29-57)49-67(50-63)88-78-51-60(55-24-10-7-11-25-55)42-44-72(78)87-73-45-43-61(56-26-12-8-13-27-56)52-79(73)90(81-54-64(53-80(88)82(81)87)59-31-21-33-66(48-59)86(4,5)6)77-41-23-37-71-70-36-22-40-76(83(70)91-84(71)77)89-74-38-18-16-34-68(74)69-35-17-19-39-75(69)89/h7-54H,1-6H3/i7D,8D,10D,11D,12D,13D,16D,17D,18D,19D,24D,25D,26D,27D,34D,35D,38D,39D. The summed E-state index contributed by atoms with van der Waals surface area (Å²) in [6.45, 7) is 12.3. The van der Waals surface area contributed by atoms with Crippen molar-refractivity contribution in [1.29, 1.82) is 0 Å². The summed E-state index contributed by atoms with van der Waals surface area (Å²) in [5.41, 5.74) is 13.7. The monoisotopic (exact) mass is 1190 g/mol. The average molecular weight is 1190 g/mol.